The molecular weight excluding hydrogens is 371 g/mol. The second kappa shape index (κ2) is 10.0. The first kappa shape index (κ1) is 17.3. The van der Waals surface area contributed by atoms with Gasteiger partial charge in [0.2, 0.25) is 0 Å². The molecule has 0 saturated carbocycles. The zero-order valence-corrected chi connectivity index (χ0v) is 14.8. The Bertz CT molecular complexity index is 339. The van der Waals surface area contributed by atoms with Crippen molar-refractivity contribution in [3.05, 3.63) is 34.9 Å². The van der Waals surface area contributed by atoms with Gasteiger partial charge in [0.1, 0.15) is 0 Å². The Kier molecular flexibility index (Phi) is 9.08. The van der Waals surface area contributed by atoms with Crippen molar-refractivity contribution in [2.75, 3.05) is 11.0 Å². The van der Waals surface area contributed by atoms with Gasteiger partial charge in [0.05, 0.1) is 12.7 Å². The molecule has 0 aliphatic carbocycles. The van der Waals surface area contributed by atoms with E-state index in [0.29, 0.717) is 5.92 Å². The van der Waals surface area contributed by atoms with Gasteiger partial charge in [-0.1, -0.05) is 79.4 Å². The van der Waals surface area contributed by atoms with Crippen LogP contribution < -0.4 is 0 Å². The Hall–Kier alpha value is 0.200. The van der Waals surface area contributed by atoms with Crippen LogP contribution >= 0.6 is 34.2 Å². The van der Waals surface area contributed by atoms with Gasteiger partial charge < -0.3 is 4.74 Å². The van der Waals surface area contributed by atoms with Crippen LogP contribution in [0.2, 0.25) is 5.02 Å². The van der Waals surface area contributed by atoms with E-state index in [1.807, 2.05) is 12.1 Å². The average molecular weight is 395 g/mol. The second-order valence-corrected chi connectivity index (χ2v) is 6.26. The molecule has 3 heteroatoms. The molecule has 0 spiro atoms. The summed E-state index contributed by atoms with van der Waals surface area (Å²) < 4.78 is 7.09. The van der Waals surface area contributed by atoms with Crippen molar-refractivity contribution in [3.63, 3.8) is 0 Å². The summed E-state index contributed by atoms with van der Waals surface area (Å²) in [6.45, 7) is 5.37. The summed E-state index contributed by atoms with van der Waals surface area (Å²) in [6.07, 6.45) is 5.24. The Balaban J connectivity index is 2.49. The molecule has 0 radical (unpaired) electrons. The molecule has 0 fully saturated rings. The Morgan fingerprint density at radius 1 is 1.21 bits per heavy atom. The van der Waals surface area contributed by atoms with Crippen LogP contribution in [0.1, 0.15) is 51.2 Å². The van der Waals surface area contributed by atoms with Gasteiger partial charge in [-0.25, -0.2) is 0 Å². The van der Waals surface area contributed by atoms with Crippen LogP contribution in [0.25, 0.3) is 0 Å². The van der Waals surface area contributed by atoms with Gasteiger partial charge in [0.25, 0.3) is 0 Å². The molecule has 0 heterocycles. The average Bonchev–Trinajstić information content (AvgIpc) is 2.44. The highest BCUT2D eigenvalue weighted by Crippen LogP contribution is 2.24. The van der Waals surface area contributed by atoms with Crippen molar-refractivity contribution in [2.24, 2.45) is 5.92 Å². The summed E-state index contributed by atoms with van der Waals surface area (Å²) in [5, 5.41) is 0.783. The predicted octanol–water partition coefficient (Wildman–Crippen LogP) is 6.05. The largest absolute Gasteiger partial charge is 0.372 e. The molecule has 19 heavy (non-hydrogen) atoms. The number of alkyl halides is 1. The van der Waals surface area contributed by atoms with Crippen molar-refractivity contribution in [2.45, 2.75) is 45.6 Å². The monoisotopic (exact) mass is 394 g/mol. The van der Waals surface area contributed by atoms with Crippen LogP contribution in [-0.4, -0.2) is 11.0 Å². The van der Waals surface area contributed by atoms with Crippen LogP contribution in [0.4, 0.5) is 0 Å². The van der Waals surface area contributed by atoms with Crippen molar-refractivity contribution < 1.29 is 4.74 Å². The number of halogens is 2. The maximum atomic E-state index is 6.12. The summed E-state index contributed by atoms with van der Waals surface area (Å²) in [7, 11) is 0. The van der Waals surface area contributed by atoms with E-state index in [0.717, 1.165) is 16.1 Å². The van der Waals surface area contributed by atoms with Gasteiger partial charge in [0.15, 0.2) is 0 Å². The molecule has 108 valence electrons. The van der Waals surface area contributed by atoms with E-state index in [-0.39, 0.29) is 6.10 Å². The Morgan fingerprint density at radius 3 is 2.42 bits per heavy atom. The van der Waals surface area contributed by atoms with Gasteiger partial charge in [-0.2, -0.15) is 0 Å². The third kappa shape index (κ3) is 6.46. The molecule has 0 amide bonds. The van der Waals surface area contributed by atoms with Gasteiger partial charge in [-0.15, -0.1) is 0 Å². The Labute approximate surface area is 136 Å². The van der Waals surface area contributed by atoms with Gasteiger partial charge in [-0.3, -0.25) is 0 Å². The Morgan fingerprint density at radius 2 is 1.89 bits per heavy atom. The third-order valence-electron chi connectivity index (χ3n) is 3.46. The zero-order valence-electron chi connectivity index (χ0n) is 11.9. The highest BCUT2D eigenvalue weighted by Gasteiger charge is 2.13. The molecule has 1 nitrogen and oxygen atoms in total. The highest BCUT2D eigenvalue weighted by atomic mass is 127. The van der Waals surface area contributed by atoms with E-state index < -0.39 is 0 Å². The molecule has 0 aliphatic rings. The topological polar surface area (TPSA) is 9.23 Å². The lowest BCUT2D eigenvalue weighted by Crippen LogP contribution is -2.14. The first-order chi connectivity index (χ1) is 9.21. The van der Waals surface area contributed by atoms with Crippen LogP contribution in [0.5, 0.6) is 0 Å². The van der Waals surface area contributed by atoms with Crippen LogP contribution in [-0.2, 0) is 4.74 Å². The minimum absolute atomic E-state index is 0.188. The number of unbranched alkanes of at least 4 members (excludes halogenated alkanes) is 1. The predicted molar refractivity (Wildman–Crippen MR) is 92.3 cm³/mol. The zero-order chi connectivity index (χ0) is 14.1. The van der Waals surface area contributed by atoms with E-state index in [9.17, 15) is 0 Å². The fraction of sp³-hybridized carbons (Fsp3) is 0.625. The summed E-state index contributed by atoms with van der Waals surface area (Å²) in [6, 6.07) is 8.01. The standard InChI is InChI=1S/C16H24ClIO/c1-3-5-6-13(4-2)12-19-16(11-18)14-7-9-15(17)10-8-14/h7-10,13,16H,3-6,11-12H2,1-2H3. The lowest BCUT2D eigenvalue weighted by atomic mass is 10.0. The van der Waals surface area contributed by atoms with Gasteiger partial charge >= 0.3 is 0 Å². The fourth-order valence-electron chi connectivity index (χ4n) is 2.06. The molecule has 1 aromatic rings. The van der Waals surface area contributed by atoms with Gasteiger partial charge in [0, 0.05) is 9.45 Å². The molecule has 0 saturated heterocycles. The van der Waals surface area contributed by atoms with Crippen molar-refractivity contribution in [1.29, 1.82) is 0 Å². The molecule has 0 aliphatic heterocycles. The van der Waals surface area contributed by atoms with Crippen molar-refractivity contribution >= 4 is 34.2 Å². The number of hydrogen-bond acceptors (Lipinski definition) is 1. The lowest BCUT2D eigenvalue weighted by molar-refractivity contribution is 0.0403. The summed E-state index contributed by atoms with van der Waals surface area (Å²) in [5.41, 5.74) is 1.23. The van der Waals surface area contributed by atoms with E-state index >= 15 is 0 Å². The molecule has 2 atom stereocenters. The molecule has 1 rings (SSSR count). The van der Waals surface area contributed by atoms with Crippen LogP contribution in [0.3, 0.4) is 0 Å². The normalized spacial score (nSPS) is 14.3. The minimum atomic E-state index is 0.188. The van der Waals surface area contributed by atoms with E-state index in [4.69, 9.17) is 16.3 Å². The summed E-state index contributed by atoms with van der Waals surface area (Å²) in [4.78, 5) is 0. The molecule has 0 N–H and O–H groups in total. The number of rotatable bonds is 9. The smallest absolute Gasteiger partial charge is 0.0914 e. The van der Waals surface area contributed by atoms with Crippen molar-refractivity contribution in [3.8, 4) is 0 Å². The summed E-state index contributed by atoms with van der Waals surface area (Å²) >= 11 is 8.32. The van der Waals surface area contributed by atoms with E-state index in [2.05, 4.69) is 48.6 Å². The molecule has 0 aromatic heterocycles. The lowest BCUT2D eigenvalue weighted by Gasteiger charge is -2.20. The maximum Gasteiger partial charge on any atom is 0.0914 e. The molecule has 0 bridgehead atoms. The molecule has 2 unspecified atom stereocenters. The second-order valence-electron chi connectivity index (χ2n) is 4.94. The minimum Gasteiger partial charge on any atom is -0.372 e. The summed E-state index contributed by atoms with van der Waals surface area (Å²) in [5.74, 6) is 0.692. The van der Waals surface area contributed by atoms with Crippen LogP contribution in [0.15, 0.2) is 24.3 Å². The van der Waals surface area contributed by atoms with E-state index in [1.165, 1.54) is 31.2 Å². The molecular formula is C16H24ClIO. The van der Waals surface area contributed by atoms with E-state index in [1.54, 1.807) is 0 Å². The van der Waals surface area contributed by atoms with Gasteiger partial charge in [-0.05, 0) is 30.0 Å². The first-order valence-electron chi connectivity index (χ1n) is 7.14. The number of benzene rings is 1. The van der Waals surface area contributed by atoms with Crippen molar-refractivity contribution in [1.82, 2.24) is 0 Å². The number of ether oxygens (including phenoxy) is 1. The van der Waals surface area contributed by atoms with Crippen LogP contribution in [0, 0.1) is 5.92 Å². The maximum absolute atomic E-state index is 6.12. The fourth-order valence-corrected chi connectivity index (χ4v) is 2.95. The number of hydrogen-bond donors (Lipinski definition) is 0. The quantitative estimate of drug-likeness (QED) is 0.366. The highest BCUT2D eigenvalue weighted by molar-refractivity contribution is 14.1. The SMILES string of the molecule is CCCCC(CC)COC(CI)c1ccc(Cl)cc1. The first-order valence-corrected chi connectivity index (χ1v) is 9.04. The molecule has 1 aromatic carbocycles. The third-order valence-corrected chi connectivity index (χ3v) is 4.51.